The zero-order valence-electron chi connectivity index (χ0n) is 15.8. The lowest BCUT2D eigenvalue weighted by atomic mass is 10.1. The van der Waals surface area contributed by atoms with Crippen molar-refractivity contribution in [1.29, 1.82) is 0 Å². The molecule has 1 atom stereocenters. The van der Waals surface area contributed by atoms with Gasteiger partial charge in [0.05, 0.1) is 11.6 Å². The van der Waals surface area contributed by atoms with Gasteiger partial charge in [0.15, 0.2) is 5.96 Å². The highest BCUT2D eigenvalue weighted by atomic mass is 35.5. The highest BCUT2D eigenvalue weighted by Gasteiger charge is 2.25. The molecule has 1 fully saturated rings. The average molecular weight is 395 g/mol. The van der Waals surface area contributed by atoms with E-state index in [1.54, 1.807) is 13.1 Å². The van der Waals surface area contributed by atoms with Gasteiger partial charge in [-0.3, -0.25) is 19.5 Å². The number of guanidine groups is 1. The van der Waals surface area contributed by atoms with Crippen molar-refractivity contribution in [1.82, 2.24) is 15.5 Å². The molecule has 1 unspecified atom stereocenters. The number of nitrogens with zero attached hydrogens (tertiary/aromatic N) is 2. The SMILES string of the molecule is CCC(CNC(=NC)NCCN1C(=O)CCCC1=O)Oc1ccccc1Cl. The van der Waals surface area contributed by atoms with E-state index in [2.05, 4.69) is 15.6 Å². The molecule has 1 saturated heterocycles. The lowest BCUT2D eigenvalue weighted by molar-refractivity contribution is -0.147. The molecular weight excluding hydrogens is 368 g/mol. The molecule has 0 aliphatic carbocycles. The molecule has 0 saturated carbocycles. The van der Waals surface area contributed by atoms with Gasteiger partial charge in [-0.1, -0.05) is 30.7 Å². The molecule has 2 rings (SSSR count). The van der Waals surface area contributed by atoms with E-state index in [1.807, 2.05) is 25.1 Å². The van der Waals surface area contributed by atoms with E-state index < -0.39 is 0 Å². The zero-order chi connectivity index (χ0) is 19.6. The Morgan fingerprint density at radius 1 is 1.26 bits per heavy atom. The minimum Gasteiger partial charge on any atom is -0.487 e. The first-order valence-corrected chi connectivity index (χ1v) is 9.61. The van der Waals surface area contributed by atoms with Crippen LogP contribution in [0.15, 0.2) is 29.3 Å². The largest absolute Gasteiger partial charge is 0.487 e. The number of halogens is 1. The van der Waals surface area contributed by atoms with E-state index in [9.17, 15) is 9.59 Å². The number of imide groups is 1. The van der Waals surface area contributed by atoms with E-state index in [0.29, 0.717) is 55.6 Å². The summed E-state index contributed by atoms with van der Waals surface area (Å²) < 4.78 is 5.94. The number of benzene rings is 1. The molecule has 8 heteroatoms. The molecule has 1 heterocycles. The molecule has 1 aromatic rings. The van der Waals surface area contributed by atoms with Crippen molar-refractivity contribution < 1.29 is 14.3 Å². The van der Waals surface area contributed by atoms with Gasteiger partial charge < -0.3 is 15.4 Å². The van der Waals surface area contributed by atoms with Gasteiger partial charge >= 0.3 is 0 Å². The molecule has 27 heavy (non-hydrogen) atoms. The van der Waals surface area contributed by atoms with Crippen LogP contribution < -0.4 is 15.4 Å². The summed E-state index contributed by atoms with van der Waals surface area (Å²) in [5, 5.41) is 6.90. The van der Waals surface area contributed by atoms with Gasteiger partial charge in [-0.2, -0.15) is 0 Å². The minimum atomic E-state index is -0.102. The number of carbonyl (C=O) groups excluding carboxylic acids is 2. The molecule has 7 nitrogen and oxygen atoms in total. The summed E-state index contributed by atoms with van der Waals surface area (Å²) in [6.45, 7) is 3.36. The van der Waals surface area contributed by atoms with Crippen LogP contribution in [0.5, 0.6) is 5.75 Å². The van der Waals surface area contributed by atoms with Crippen molar-refractivity contribution in [3.05, 3.63) is 29.3 Å². The van der Waals surface area contributed by atoms with Crippen LogP contribution in [0.4, 0.5) is 0 Å². The summed E-state index contributed by atoms with van der Waals surface area (Å²) in [4.78, 5) is 29.1. The first-order chi connectivity index (χ1) is 13.0. The molecule has 0 spiro atoms. The average Bonchev–Trinajstić information content (AvgIpc) is 2.67. The fourth-order valence-electron chi connectivity index (χ4n) is 2.76. The fourth-order valence-corrected chi connectivity index (χ4v) is 2.94. The predicted octanol–water partition coefficient (Wildman–Crippen LogP) is 2.20. The molecule has 2 amide bonds. The number of aliphatic imine (C=N–C) groups is 1. The van der Waals surface area contributed by atoms with Crippen molar-refractivity contribution in [3.63, 3.8) is 0 Å². The van der Waals surface area contributed by atoms with Gasteiger partial charge in [0.1, 0.15) is 11.9 Å². The van der Waals surface area contributed by atoms with Crippen LogP contribution in [0.3, 0.4) is 0 Å². The van der Waals surface area contributed by atoms with Gasteiger partial charge in [-0.05, 0) is 25.0 Å². The lowest BCUT2D eigenvalue weighted by Crippen LogP contribution is -2.47. The molecule has 0 bridgehead atoms. The quantitative estimate of drug-likeness (QED) is 0.401. The highest BCUT2D eigenvalue weighted by Crippen LogP contribution is 2.24. The Balaban J connectivity index is 1.77. The Labute approximate surface area is 165 Å². The standard InChI is InChI=1S/C19H27ClN4O3/c1-3-14(27-16-8-5-4-7-15(16)20)13-23-19(21-2)22-11-12-24-17(25)9-6-10-18(24)26/h4-5,7-8,14H,3,6,9-13H2,1-2H3,(H2,21,22,23). The third-order valence-corrected chi connectivity index (χ3v) is 4.63. The maximum atomic E-state index is 11.8. The van der Waals surface area contributed by atoms with E-state index in [-0.39, 0.29) is 17.9 Å². The summed E-state index contributed by atoms with van der Waals surface area (Å²) in [6.07, 6.45) is 2.25. The molecular formula is C19H27ClN4O3. The zero-order valence-corrected chi connectivity index (χ0v) is 16.6. The van der Waals surface area contributed by atoms with Crippen LogP contribution in [0.1, 0.15) is 32.6 Å². The maximum absolute atomic E-state index is 11.8. The number of para-hydroxylation sites is 1. The number of hydrogen-bond acceptors (Lipinski definition) is 4. The third kappa shape index (κ3) is 6.43. The molecule has 1 aliphatic rings. The van der Waals surface area contributed by atoms with E-state index in [4.69, 9.17) is 16.3 Å². The van der Waals surface area contributed by atoms with Gasteiger partial charge in [-0.15, -0.1) is 0 Å². The molecule has 0 radical (unpaired) electrons. The van der Waals surface area contributed by atoms with Crippen LogP contribution in [0.2, 0.25) is 5.02 Å². The summed E-state index contributed by atoms with van der Waals surface area (Å²) >= 11 is 6.14. The van der Waals surface area contributed by atoms with Gasteiger partial charge in [-0.25, -0.2) is 0 Å². The number of piperidine rings is 1. The van der Waals surface area contributed by atoms with Gasteiger partial charge in [0, 0.05) is 33.0 Å². The second kappa shape index (κ2) is 10.8. The third-order valence-electron chi connectivity index (χ3n) is 4.32. The Bertz CT molecular complexity index is 665. The van der Waals surface area contributed by atoms with E-state index in [1.165, 1.54) is 4.90 Å². The predicted molar refractivity (Wildman–Crippen MR) is 106 cm³/mol. The van der Waals surface area contributed by atoms with Crippen LogP contribution in [-0.2, 0) is 9.59 Å². The van der Waals surface area contributed by atoms with Crippen LogP contribution >= 0.6 is 11.6 Å². The second-order valence-corrected chi connectivity index (χ2v) is 6.66. The molecule has 0 aromatic heterocycles. The van der Waals surface area contributed by atoms with Crippen LogP contribution in [0, 0.1) is 0 Å². The smallest absolute Gasteiger partial charge is 0.229 e. The lowest BCUT2D eigenvalue weighted by Gasteiger charge is -2.25. The molecule has 148 valence electrons. The molecule has 2 N–H and O–H groups in total. The Kier molecular flexibility index (Phi) is 8.39. The number of amides is 2. The van der Waals surface area contributed by atoms with E-state index >= 15 is 0 Å². The minimum absolute atomic E-state index is 0.0753. The van der Waals surface area contributed by atoms with Crippen molar-refractivity contribution in [3.8, 4) is 5.75 Å². The Morgan fingerprint density at radius 3 is 2.59 bits per heavy atom. The number of hydrogen-bond donors (Lipinski definition) is 2. The Hall–Kier alpha value is -2.28. The Morgan fingerprint density at radius 2 is 1.96 bits per heavy atom. The summed E-state index contributed by atoms with van der Waals surface area (Å²) in [5.74, 6) is 1.04. The van der Waals surface area contributed by atoms with Crippen LogP contribution in [-0.4, -0.2) is 55.5 Å². The molecule has 1 aliphatic heterocycles. The number of carbonyl (C=O) groups is 2. The first kappa shape index (κ1) is 21.0. The monoisotopic (exact) mass is 394 g/mol. The van der Waals surface area contributed by atoms with Crippen molar-refractivity contribution >= 4 is 29.4 Å². The summed E-state index contributed by atoms with van der Waals surface area (Å²) in [5.41, 5.74) is 0. The van der Waals surface area contributed by atoms with Gasteiger partial charge in [0.25, 0.3) is 0 Å². The van der Waals surface area contributed by atoms with E-state index in [0.717, 1.165) is 6.42 Å². The number of ether oxygens (including phenoxy) is 1. The van der Waals surface area contributed by atoms with Crippen molar-refractivity contribution in [2.45, 2.75) is 38.7 Å². The second-order valence-electron chi connectivity index (χ2n) is 6.25. The number of nitrogens with one attached hydrogen (secondary N) is 2. The molecule has 1 aromatic carbocycles. The number of rotatable bonds is 8. The highest BCUT2D eigenvalue weighted by molar-refractivity contribution is 6.32. The topological polar surface area (TPSA) is 83.0 Å². The van der Waals surface area contributed by atoms with Gasteiger partial charge in [0.2, 0.25) is 11.8 Å². The number of likely N-dealkylation sites (tertiary alicyclic amines) is 1. The normalized spacial score (nSPS) is 16.3. The van der Waals surface area contributed by atoms with Crippen molar-refractivity contribution in [2.24, 2.45) is 4.99 Å². The van der Waals surface area contributed by atoms with Crippen LogP contribution in [0.25, 0.3) is 0 Å². The summed E-state index contributed by atoms with van der Waals surface area (Å²) in [6, 6.07) is 7.37. The maximum Gasteiger partial charge on any atom is 0.229 e. The summed E-state index contributed by atoms with van der Waals surface area (Å²) in [7, 11) is 1.67. The van der Waals surface area contributed by atoms with Crippen molar-refractivity contribution in [2.75, 3.05) is 26.7 Å². The first-order valence-electron chi connectivity index (χ1n) is 9.24. The fraction of sp³-hybridized carbons (Fsp3) is 0.526.